The zero-order chi connectivity index (χ0) is 16.1. The van der Waals surface area contributed by atoms with E-state index in [1.54, 1.807) is 24.3 Å². The lowest BCUT2D eigenvalue weighted by Crippen LogP contribution is -2.29. The van der Waals surface area contributed by atoms with Gasteiger partial charge in [0.1, 0.15) is 0 Å². The van der Waals surface area contributed by atoms with E-state index in [2.05, 4.69) is 15.2 Å². The highest BCUT2D eigenvalue weighted by atomic mass is 16.4. The molecule has 0 atom stereocenters. The summed E-state index contributed by atoms with van der Waals surface area (Å²) < 4.78 is 5.48. The molecule has 0 N–H and O–H groups in total. The van der Waals surface area contributed by atoms with Crippen molar-refractivity contribution in [1.82, 2.24) is 20.1 Å². The Morgan fingerprint density at radius 3 is 2.57 bits per heavy atom. The number of benzene rings is 1. The number of hydrogen-bond acceptors (Lipinski definition) is 5. The number of aromatic nitrogens is 3. The Balaban J connectivity index is 1.65. The fraction of sp³-hybridized carbons (Fsp3) is 0.176. The van der Waals surface area contributed by atoms with Gasteiger partial charge in [-0.25, -0.2) is 0 Å². The van der Waals surface area contributed by atoms with E-state index in [-0.39, 0.29) is 11.8 Å². The molecule has 3 aromatic rings. The van der Waals surface area contributed by atoms with Crippen molar-refractivity contribution < 1.29 is 9.21 Å². The standard InChI is InChI=1S/C17H16N4O2/c1-21(12-9-13-7-10-18-11-8-13)17(22)16-20-19-15(23-16)14-5-3-2-4-6-14/h2-8,10-11H,9,12H2,1H3. The molecule has 116 valence electrons. The van der Waals surface area contributed by atoms with Gasteiger partial charge in [0.2, 0.25) is 5.89 Å². The van der Waals surface area contributed by atoms with Crippen molar-refractivity contribution in [2.45, 2.75) is 6.42 Å². The molecule has 0 unspecified atom stereocenters. The first kappa shape index (κ1) is 14.9. The van der Waals surface area contributed by atoms with Crippen molar-refractivity contribution in [2.75, 3.05) is 13.6 Å². The number of carbonyl (C=O) groups excluding carboxylic acids is 1. The quantitative estimate of drug-likeness (QED) is 0.724. The second kappa shape index (κ2) is 6.83. The average molecular weight is 308 g/mol. The Morgan fingerprint density at radius 2 is 1.83 bits per heavy atom. The highest BCUT2D eigenvalue weighted by Gasteiger charge is 2.19. The molecule has 6 nitrogen and oxygen atoms in total. The van der Waals surface area contributed by atoms with Gasteiger partial charge in [0.05, 0.1) is 0 Å². The molecule has 0 aliphatic heterocycles. The van der Waals surface area contributed by atoms with Crippen LogP contribution in [0.3, 0.4) is 0 Å². The Labute approximate surface area is 133 Å². The van der Waals surface area contributed by atoms with Crippen molar-refractivity contribution >= 4 is 5.91 Å². The summed E-state index contributed by atoms with van der Waals surface area (Å²) in [7, 11) is 1.72. The van der Waals surface area contributed by atoms with Crippen LogP contribution in [0.15, 0.2) is 59.3 Å². The topological polar surface area (TPSA) is 72.1 Å². The monoisotopic (exact) mass is 308 g/mol. The van der Waals surface area contributed by atoms with Gasteiger partial charge >= 0.3 is 11.8 Å². The summed E-state index contributed by atoms with van der Waals surface area (Å²) in [6, 6.07) is 13.2. The summed E-state index contributed by atoms with van der Waals surface area (Å²) in [6.07, 6.45) is 4.22. The summed E-state index contributed by atoms with van der Waals surface area (Å²) in [5.41, 5.74) is 1.91. The Hall–Kier alpha value is -3.02. The Morgan fingerprint density at radius 1 is 1.09 bits per heavy atom. The second-order valence-corrected chi connectivity index (χ2v) is 5.11. The molecule has 0 aliphatic rings. The van der Waals surface area contributed by atoms with Crippen LogP contribution in [-0.2, 0) is 6.42 Å². The molecule has 1 amide bonds. The van der Waals surface area contributed by atoms with E-state index >= 15 is 0 Å². The van der Waals surface area contributed by atoms with Crippen molar-refractivity contribution in [3.05, 3.63) is 66.3 Å². The summed E-state index contributed by atoms with van der Waals surface area (Å²) in [4.78, 5) is 17.9. The van der Waals surface area contributed by atoms with Crippen molar-refractivity contribution in [1.29, 1.82) is 0 Å². The summed E-state index contributed by atoms with van der Waals surface area (Å²) >= 11 is 0. The van der Waals surface area contributed by atoms with Crippen LogP contribution in [0.5, 0.6) is 0 Å². The van der Waals surface area contributed by atoms with Crippen LogP contribution in [0.4, 0.5) is 0 Å². The maximum atomic E-state index is 12.3. The molecule has 0 saturated carbocycles. The number of hydrogen-bond donors (Lipinski definition) is 0. The lowest BCUT2D eigenvalue weighted by Gasteiger charge is -2.14. The highest BCUT2D eigenvalue weighted by molar-refractivity contribution is 5.89. The molecule has 0 aliphatic carbocycles. The molecule has 3 rings (SSSR count). The molecule has 0 saturated heterocycles. The van der Waals surface area contributed by atoms with E-state index in [0.717, 1.165) is 17.5 Å². The molecule has 0 spiro atoms. The lowest BCUT2D eigenvalue weighted by molar-refractivity contribution is 0.0758. The average Bonchev–Trinajstić information content (AvgIpc) is 3.11. The Bertz CT molecular complexity index is 772. The maximum absolute atomic E-state index is 12.3. The van der Waals surface area contributed by atoms with Gasteiger partial charge in [0.15, 0.2) is 0 Å². The van der Waals surface area contributed by atoms with Crippen LogP contribution in [-0.4, -0.2) is 39.6 Å². The SMILES string of the molecule is CN(CCc1ccncc1)C(=O)c1nnc(-c2ccccc2)o1. The molecular formula is C17H16N4O2. The smallest absolute Gasteiger partial charge is 0.311 e. The normalized spacial score (nSPS) is 10.5. The summed E-state index contributed by atoms with van der Waals surface area (Å²) in [5.74, 6) is 0.0614. The summed E-state index contributed by atoms with van der Waals surface area (Å²) in [6.45, 7) is 0.561. The molecule has 6 heteroatoms. The fourth-order valence-corrected chi connectivity index (χ4v) is 2.12. The molecule has 23 heavy (non-hydrogen) atoms. The predicted octanol–water partition coefficient (Wildman–Crippen LogP) is 2.45. The van der Waals surface area contributed by atoms with E-state index in [1.807, 2.05) is 42.5 Å². The fourth-order valence-electron chi connectivity index (χ4n) is 2.12. The van der Waals surface area contributed by atoms with E-state index in [4.69, 9.17) is 4.42 Å². The molecular weight excluding hydrogens is 292 g/mol. The number of rotatable bonds is 5. The molecule has 1 aromatic carbocycles. The number of amides is 1. The lowest BCUT2D eigenvalue weighted by atomic mass is 10.2. The molecule has 2 heterocycles. The molecule has 2 aromatic heterocycles. The van der Waals surface area contributed by atoms with Crippen LogP contribution < -0.4 is 0 Å². The van der Waals surface area contributed by atoms with E-state index < -0.39 is 0 Å². The predicted molar refractivity (Wildman–Crippen MR) is 84.6 cm³/mol. The zero-order valence-corrected chi connectivity index (χ0v) is 12.7. The highest BCUT2D eigenvalue weighted by Crippen LogP contribution is 2.17. The minimum atomic E-state index is -0.284. The number of pyridine rings is 1. The summed E-state index contributed by atoms with van der Waals surface area (Å²) in [5, 5.41) is 7.79. The first-order valence-electron chi connectivity index (χ1n) is 7.27. The third-order valence-corrected chi connectivity index (χ3v) is 3.46. The van der Waals surface area contributed by atoms with Gasteiger partial charge in [-0.1, -0.05) is 18.2 Å². The van der Waals surface area contributed by atoms with E-state index in [1.165, 1.54) is 0 Å². The molecule has 0 bridgehead atoms. The number of likely N-dealkylation sites (N-methyl/N-ethyl adjacent to an activating group) is 1. The van der Waals surface area contributed by atoms with Gasteiger partial charge in [-0.15, -0.1) is 10.2 Å². The third kappa shape index (κ3) is 3.60. The third-order valence-electron chi connectivity index (χ3n) is 3.46. The minimum absolute atomic E-state index is 0.00100. The van der Waals surface area contributed by atoms with E-state index in [9.17, 15) is 4.79 Å². The van der Waals surface area contributed by atoms with Crippen LogP contribution >= 0.6 is 0 Å². The number of nitrogens with zero attached hydrogens (tertiary/aromatic N) is 4. The van der Waals surface area contributed by atoms with Gasteiger partial charge in [-0.2, -0.15) is 0 Å². The number of carbonyl (C=O) groups is 1. The Kier molecular flexibility index (Phi) is 4.42. The van der Waals surface area contributed by atoms with Gasteiger partial charge in [-0.3, -0.25) is 9.78 Å². The van der Waals surface area contributed by atoms with Gasteiger partial charge in [-0.05, 0) is 36.2 Å². The minimum Gasteiger partial charge on any atom is -0.412 e. The molecule has 0 fully saturated rings. The van der Waals surface area contributed by atoms with Crippen molar-refractivity contribution in [3.8, 4) is 11.5 Å². The van der Waals surface area contributed by atoms with Crippen LogP contribution in [0.2, 0.25) is 0 Å². The van der Waals surface area contributed by atoms with Gasteiger partial charge in [0.25, 0.3) is 0 Å². The van der Waals surface area contributed by atoms with E-state index in [0.29, 0.717) is 12.4 Å². The first-order valence-corrected chi connectivity index (χ1v) is 7.27. The van der Waals surface area contributed by atoms with Gasteiger partial charge in [0, 0.05) is 31.5 Å². The van der Waals surface area contributed by atoms with Crippen LogP contribution in [0.25, 0.3) is 11.5 Å². The second-order valence-electron chi connectivity index (χ2n) is 5.11. The van der Waals surface area contributed by atoms with Crippen molar-refractivity contribution in [3.63, 3.8) is 0 Å². The largest absolute Gasteiger partial charge is 0.412 e. The zero-order valence-electron chi connectivity index (χ0n) is 12.7. The van der Waals surface area contributed by atoms with Crippen LogP contribution in [0, 0.1) is 0 Å². The first-order chi connectivity index (χ1) is 11.2. The maximum Gasteiger partial charge on any atom is 0.311 e. The van der Waals surface area contributed by atoms with Crippen molar-refractivity contribution in [2.24, 2.45) is 0 Å². The molecule has 0 radical (unpaired) electrons. The van der Waals surface area contributed by atoms with Gasteiger partial charge < -0.3 is 9.32 Å². The van der Waals surface area contributed by atoms with Crippen LogP contribution in [0.1, 0.15) is 16.2 Å².